The fraction of sp³-hybridized carbons (Fsp3) is 0.122. The highest BCUT2D eigenvalue weighted by atomic mass is 79.9. The Balaban J connectivity index is 0.000000187. The average molecular weight is 790 g/mol. The van der Waals surface area contributed by atoms with Gasteiger partial charge in [-0.2, -0.15) is 0 Å². The molecule has 11 heteroatoms. The molecule has 0 aliphatic heterocycles. The van der Waals surface area contributed by atoms with E-state index in [0.717, 1.165) is 47.4 Å². The van der Waals surface area contributed by atoms with Gasteiger partial charge in [-0.15, -0.1) is 22.7 Å². The summed E-state index contributed by atoms with van der Waals surface area (Å²) in [6.07, 6.45) is 6.73. The monoisotopic (exact) mass is 788 g/mol. The summed E-state index contributed by atoms with van der Waals surface area (Å²) in [5.74, 6) is 1.06. The Bertz CT molecular complexity index is 2280. The number of rotatable bonds is 10. The van der Waals surface area contributed by atoms with E-state index in [1.54, 1.807) is 48.9 Å². The molecule has 2 unspecified atom stereocenters. The number of aliphatic hydroxyl groups is 2. The predicted octanol–water partition coefficient (Wildman–Crippen LogP) is 11.2. The molecule has 4 N–H and O–H groups in total. The van der Waals surface area contributed by atoms with E-state index in [1.807, 2.05) is 72.8 Å². The number of nitrogens with one attached hydrogen (secondary N) is 2. The van der Waals surface area contributed by atoms with Crippen LogP contribution in [-0.2, 0) is 0 Å². The first-order valence-electron chi connectivity index (χ1n) is 16.6. The Labute approximate surface area is 319 Å². The van der Waals surface area contributed by atoms with E-state index in [0.29, 0.717) is 11.9 Å². The van der Waals surface area contributed by atoms with E-state index >= 15 is 0 Å². The number of nitrogens with zero attached hydrogens (tertiary/aromatic N) is 4. The maximum absolute atomic E-state index is 9.78. The summed E-state index contributed by atoms with van der Waals surface area (Å²) in [7, 11) is 0. The molecule has 0 saturated heterocycles. The molecule has 0 spiro atoms. The molecule has 3 aromatic carbocycles. The van der Waals surface area contributed by atoms with Crippen molar-refractivity contribution in [3.8, 4) is 21.1 Å². The van der Waals surface area contributed by atoms with Gasteiger partial charge in [-0.1, -0.05) is 60.2 Å². The zero-order valence-corrected chi connectivity index (χ0v) is 32.0. The Kier molecular flexibility index (Phi) is 12.3. The smallest absolute Gasteiger partial charge is 0.227 e. The first-order chi connectivity index (χ1) is 25.2. The van der Waals surface area contributed by atoms with Gasteiger partial charge in [-0.3, -0.25) is 0 Å². The molecule has 262 valence electrons. The van der Waals surface area contributed by atoms with Gasteiger partial charge in [-0.25, -0.2) is 19.9 Å². The molecule has 2 atom stereocenters. The van der Waals surface area contributed by atoms with Crippen LogP contribution in [0.2, 0.25) is 0 Å². The molecule has 0 aliphatic rings. The summed E-state index contributed by atoms with van der Waals surface area (Å²) in [6.45, 7) is 5.59. The van der Waals surface area contributed by atoms with Gasteiger partial charge in [0.15, 0.2) is 0 Å². The van der Waals surface area contributed by atoms with Crippen molar-refractivity contribution < 1.29 is 10.2 Å². The van der Waals surface area contributed by atoms with Gasteiger partial charge < -0.3 is 20.8 Å². The molecular weight excluding hydrogens is 753 g/mol. The second-order valence-corrected chi connectivity index (χ2v) is 15.5. The van der Waals surface area contributed by atoms with E-state index in [2.05, 4.69) is 102 Å². The lowest BCUT2D eigenvalue weighted by Crippen LogP contribution is -1.99. The summed E-state index contributed by atoms with van der Waals surface area (Å²) in [5.41, 5.74) is 7.59. The molecule has 0 amide bonds. The maximum atomic E-state index is 9.78. The minimum atomic E-state index is -0.517. The van der Waals surface area contributed by atoms with E-state index in [1.165, 1.54) is 16.0 Å². The highest BCUT2D eigenvalue weighted by Gasteiger charge is 2.09. The Morgan fingerprint density at radius 3 is 1.73 bits per heavy atom. The third-order valence-electron chi connectivity index (χ3n) is 7.75. The van der Waals surface area contributed by atoms with Crippen LogP contribution in [0.1, 0.15) is 53.2 Å². The van der Waals surface area contributed by atoms with Crippen molar-refractivity contribution in [3.63, 3.8) is 0 Å². The molecule has 0 bridgehead atoms. The molecule has 7 rings (SSSR count). The normalized spacial score (nSPS) is 12.2. The number of thiophene rings is 2. The number of aliphatic hydroxyl groups excluding tert-OH is 2. The lowest BCUT2D eigenvalue weighted by atomic mass is 10.1. The topological polar surface area (TPSA) is 116 Å². The molecule has 4 heterocycles. The molecule has 52 heavy (non-hydrogen) atoms. The van der Waals surface area contributed by atoms with Crippen LogP contribution >= 0.6 is 38.6 Å². The SMILES string of the molecule is CC(O)c1cccc(Nc2nccc(-c3ccc(Br)s3)n2)c1.Cc1cccc(/C=C/c2ccc(-c3ccnc(Nc4cccc(C(C)O)c4)n3)s2)c1. The fourth-order valence-electron chi connectivity index (χ4n) is 5.11. The molecular formula is C41H37BrN6O2S2. The van der Waals surface area contributed by atoms with Gasteiger partial charge in [0.2, 0.25) is 11.9 Å². The van der Waals surface area contributed by atoms with Crippen LogP contribution in [0.15, 0.2) is 125 Å². The number of halogens is 1. The van der Waals surface area contributed by atoms with Crippen LogP contribution in [0.5, 0.6) is 0 Å². The van der Waals surface area contributed by atoms with Crippen LogP contribution < -0.4 is 10.6 Å². The zero-order valence-electron chi connectivity index (χ0n) is 28.7. The van der Waals surface area contributed by atoms with Crippen molar-refractivity contribution in [3.05, 3.63) is 153 Å². The van der Waals surface area contributed by atoms with Crippen molar-refractivity contribution in [1.82, 2.24) is 19.9 Å². The standard InChI is InChI=1S/C25H23N3OS.C16H14BrN3OS/c1-17-5-3-6-19(15-17)9-10-22-11-12-24(30-22)23-13-14-26-25(28-23)27-21-8-4-7-20(16-21)18(2)29;1-10(21)11-3-2-4-12(9-11)19-16-18-8-7-13(20-16)14-5-6-15(17)22-14/h3-16,18,29H,1-2H3,(H,26,27,28);2-10,21H,1H3,(H,18,19,20)/b10-9+;. The molecule has 4 aromatic heterocycles. The number of hydrogen-bond donors (Lipinski definition) is 4. The van der Waals surface area contributed by atoms with Crippen LogP contribution in [0.4, 0.5) is 23.3 Å². The summed E-state index contributed by atoms with van der Waals surface area (Å²) < 4.78 is 1.07. The number of benzene rings is 3. The number of aryl methyl sites for hydroxylation is 1. The quantitative estimate of drug-likeness (QED) is 0.108. The summed E-state index contributed by atoms with van der Waals surface area (Å²) in [6, 6.07) is 35.7. The molecule has 0 radical (unpaired) electrons. The van der Waals surface area contributed by atoms with E-state index in [4.69, 9.17) is 0 Å². The van der Waals surface area contributed by atoms with Crippen molar-refractivity contribution in [2.24, 2.45) is 0 Å². The molecule has 0 saturated carbocycles. The minimum Gasteiger partial charge on any atom is -0.389 e. The van der Waals surface area contributed by atoms with E-state index < -0.39 is 12.2 Å². The summed E-state index contributed by atoms with van der Waals surface area (Å²) >= 11 is 6.78. The molecule has 7 aromatic rings. The Morgan fingerprint density at radius 1 is 0.635 bits per heavy atom. The van der Waals surface area contributed by atoms with Crippen molar-refractivity contribution >= 4 is 74.0 Å². The van der Waals surface area contributed by atoms with E-state index in [-0.39, 0.29) is 0 Å². The highest BCUT2D eigenvalue weighted by Crippen LogP contribution is 2.31. The Morgan fingerprint density at radius 2 is 1.19 bits per heavy atom. The molecule has 8 nitrogen and oxygen atoms in total. The molecule has 0 fully saturated rings. The third-order valence-corrected chi connectivity index (χ3v) is 10.5. The zero-order chi connectivity index (χ0) is 36.5. The largest absolute Gasteiger partial charge is 0.389 e. The highest BCUT2D eigenvalue weighted by molar-refractivity contribution is 9.11. The van der Waals surface area contributed by atoms with E-state index in [9.17, 15) is 10.2 Å². The second-order valence-electron chi connectivity index (χ2n) is 11.9. The van der Waals surface area contributed by atoms with Gasteiger partial charge in [-0.05, 0) is 120 Å². The molecule has 0 aliphatic carbocycles. The van der Waals surface area contributed by atoms with Gasteiger partial charge >= 0.3 is 0 Å². The summed E-state index contributed by atoms with van der Waals surface area (Å²) in [4.78, 5) is 21.1. The van der Waals surface area contributed by atoms with Gasteiger partial charge in [0, 0.05) is 28.6 Å². The minimum absolute atomic E-state index is 0.502. The lowest BCUT2D eigenvalue weighted by molar-refractivity contribution is 0.199. The maximum Gasteiger partial charge on any atom is 0.227 e. The van der Waals surface area contributed by atoms with Crippen molar-refractivity contribution in [2.75, 3.05) is 10.6 Å². The number of anilines is 4. The second kappa shape index (κ2) is 17.5. The van der Waals surface area contributed by atoms with Gasteiger partial charge in [0.05, 0.1) is 37.1 Å². The predicted molar refractivity (Wildman–Crippen MR) is 219 cm³/mol. The van der Waals surface area contributed by atoms with Crippen LogP contribution in [0, 0.1) is 6.92 Å². The number of aromatic nitrogens is 4. The fourth-order valence-corrected chi connectivity index (χ4v) is 7.34. The summed E-state index contributed by atoms with van der Waals surface area (Å²) in [5, 5.41) is 25.8. The average Bonchev–Trinajstić information content (AvgIpc) is 3.81. The van der Waals surface area contributed by atoms with Crippen LogP contribution in [0.25, 0.3) is 33.3 Å². The van der Waals surface area contributed by atoms with Crippen molar-refractivity contribution in [1.29, 1.82) is 0 Å². The first kappa shape index (κ1) is 36.7. The van der Waals surface area contributed by atoms with Crippen LogP contribution in [0.3, 0.4) is 0 Å². The third kappa shape index (κ3) is 10.3. The van der Waals surface area contributed by atoms with Crippen LogP contribution in [-0.4, -0.2) is 30.1 Å². The Hall–Kier alpha value is -5.04. The van der Waals surface area contributed by atoms with Gasteiger partial charge in [0.25, 0.3) is 0 Å². The lowest BCUT2D eigenvalue weighted by Gasteiger charge is -2.09. The van der Waals surface area contributed by atoms with Gasteiger partial charge in [0.1, 0.15) is 0 Å². The van der Waals surface area contributed by atoms with Crippen molar-refractivity contribution in [2.45, 2.75) is 33.0 Å². The number of hydrogen-bond acceptors (Lipinski definition) is 10. The first-order valence-corrected chi connectivity index (χ1v) is 19.0.